The number of methoxy groups -OCH3 is 1. The van der Waals surface area contributed by atoms with Crippen LogP contribution in [-0.4, -0.2) is 32.6 Å². The van der Waals surface area contributed by atoms with Gasteiger partial charge in [0.05, 0.1) is 25.4 Å². The summed E-state index contributed by atoms with van der Waals surface area (Å²) in [6.07, 6.45) is 9.87. The summed E-state index contributed by atoms with van der Waals surface area (Å²) in [6, 6.07) is 2.16. The molecule has 30 heavy (non-hydrogen) atoms. The smallest absolute Gasteiger partial charge is 0.314 e. The van der Waals surface area contributed by atoms with Gasteiger partial charge in [0.2, 0.25) is 0 Å². The van der Waals surface area contributed by atoms with Crippen molar-refractivity contribution in [2.75, 3.05) is 20.3 Å². The van der Waals surface area contributed by atoms with E-state index in [9.17, 15) is 4.79 Å². The lowest BCUT2D eigenvalue weighted by Crippen LogP contribution is -2.68. The van der Waals surface area contributed by atoms with Gasteiger partial charge in [0.1, 0.15) is 5.76 Å². The van der Waals surface area contributed by atoms with Gasteiger partial charge in [-0.25, -0.2) is 0 Å². The van der Waals surface area contributed by atoms with Gasteiger partial charge in [0.25, 0.3) is 0 Å². The molecule has 1 saturated heterocycles. The molecule has 1 aliphatic heterocycles. The van der Waals surface area contributed by atoms with E-state index in [1.807, 2.05) is 6.26 Å². The van der Waals surface area contributed by atoms with Crippen LogP contribution < -0.4 is 0 Å². The van der Waals surface area contributed by atoms with Crippen LogP contribution in [0.5, 0.6) is 0 Å². The second-order valence-electron chi connectivity index (χ2n) is 10.2. The Kier molecular flexibility index (Phi) is 5.26. The molecule has 166 valence electrons. The molecule has 5 rings (SSSR count). The van der Waals surface area contributed by atoms with E-state index in [1.165, 1.54) is 12.7 Å². The summed E-state index contributed by atoms with van der Waals surface area (Å²) in [6.45, 7) is 5.70. The van der Waals surface area contributed by atoms with Gasteiger partial charge in [-0.3, -0.25) is 4.79 Å². The van der Waals surface area contributed by atoms with Crippen molar-refractivity contribution < 1.29 is 23.4 Å². The molecule has 5 heteroatoms. The van der Waals surface area contributed by atoms with Crippen LogP contribution in [0.3, 0.4) is 0 Å². The van der Waals surface area contributed by atoms with Gasteiger partial charge in [0, 0.05) is 18.4 Å². The average Bonchev–Trinajstić information content (AvgIpc) is 3.23. The molecule has 4 aliphatic rings. The Hall–Kier alpha value is -1.33. The lowest BCUT2D eigenvalue weighted by molar-refractivity contribution is -0.332. The number of furan rings is 1. The van der Waals surface area contributed by atoms with Crippen LogP contribution in [0, 0.1) is 28.6 Å². The van der Waals surface area contributed by atoms with E-state index in [-0.39, 0.29) is 23.6 Å². The first-order valence-electron chi connectivity index (χ1n) is 12.0. The zero-order valence-corrected chi connectivity index (χ0v) is 18.7. The molecule has 0 spiro atoms. The quantitative estimate of drug-likeness (QED) is 0.495. The zero-order valence-electron chi connectivity index (χ0n) is 18.7. The Balaban J connectivity index is 1.58. The summed E-state index contributed by atoms with van der Waals surface area (Å²) in [4.78, 5) is 13.1. The van der Waals surface area contributed by atoms with Crippen LogP contribution in [-0.2, 0) is 25.4 Å². The highest BCUT2D eigenvalue weighted by Gasteiger charge is 2.70. The summed E-state index contributed by atoms with van der Waals surface area (Å²) in [7, 11) is 1.53. The molecule has 1 unspecified atom stereocenters. The number of carbonyl (C=O) groups is 1. The van der Waals surface area contributed by atoms with E-state index in [0.29, 0.717) is 24.4 Å². The van der Waals surface area contributed by atoms with Gasteiger partial charge in [0.15, 0.2) is 6.29 Å². The highest BCUT2D eigenvalue weighted by Crippen LogP contribution is 2.69. The lowest BCUT2D eigenvalue weighted by atomic mass is 9.41. The van der Waals surface area contributed by atoms with Gasteiger partial charge in [-0.1, -0.05) is 26.7 Å². The van der Waals surface area contributed by atoms with E-state index in [1.54, 1.807) is 0 Å². The van der Waals surface area contributed by atoms with Crippen LogP contribution in [0.2, 0.25) is 0 Å². The fourth-order valence-corrected chi connectivity index (χ4v) is 7.87. The molecule has 2 heterocycles. The van der Waals surface area contributed by atoms with E-state index in [4.69, 9.17) is 18.6 Å². The predicted molar refractivity (Wildman–Crippen MR) is 112 cm³/mol. The molecule has 1 aromatic heterocycles. The highest BCUT2D eigenvalue weighted by atomic mass is 16.7. The third-order valence-electron chi connectivity index (χ3n) is 9.15. The Morgan fingerprint density at radius 2 is 2.17 bits per heavy atom. The van der Waals surface area contributed by atoms with Gasteiger partial charge < -0.3 is 18.6 Å². The molecule has 3 fully saturated rings. The van der Waals surface area contributed by atoms with Crippen LogP contribution in [0.25, 0.3) is 0 Å². The largest absolute Gasteiger partial charge is 0.469 e. The van der Waals surface area contributed by atoms with Crippen molar-refractivity contribution in [1.29, 1.82) is 0 Å². The number of unbranched alkanes of at least 4 members (excludes halogenated alkanes) is 1. The monoisotopic (exact) mass is 416 g/mol. The summed E-state index contributed by atoms with van der Waals surface area (Å²) >= 11 is 0. The van der Waals surface area contributed by atoms with Gasteiger partial charge in [-0.2, -0.15) is 0 Å². The normalized spacial score (nSPS) is 42.0. The number of hydrogen-bond acceptors (Lipinski definition) is 5. The molecule has 2 saturated carbocycles. The summed E-state index contributed by atoms with van der Waals surface area (Å²) in [5, 5.41) is 0. The molecular formula is C25H36O5. The van der Waals surface area contributed by atoms with E-state index in [2.05, 4.69) is 19.9 Å². The van der Waals surface area contributed by atoms with Crippen LogP contribution in [0.4, 0.5) is 0 Å². The third kappa shape index (κ3) is 2.70. The van der Waals surface area contributed by atoms with Crippen molar-refractivity contribution in [2.24, 2.45) is 28.6 Å². The predicted octanol–water partition coefficient (Wildman–Crippen LogP) is 5.08. The Morgan fingerprint density at radius 1 is 1.30 bits per heavy atom. The zero-order chi connectivity index (χ0) is 20.9. The minimum atomic E-state index is -0.519. The lowest BCUT2D eigenvalue weighted by Gasteiger charge is -2.66. The van der Waals surface area contributed by atoms with Gasteiger partial charge in [-0.15, -0.1) is 0 Å². The SMILES string of the molecule is CCCCO[C@@H]1OC[C@@]2(C(=O)OC)CCCC13[C@H]2CC[C@H]1[C@@H](C)c2ccoc2C[C@@H]13. The first kappa shape index (κ1) is 20.6. The van der Waals surface area contributed by atoms with Crippen molar-refractivity contribution in [3.63, 3.8) is 0 Å². The minimum Gasteiger partial charge on any atom is -0.469 e. The molecule has 5 nitrogen and oxygen atoms in total. The number of rotatable bonds is 5. The number of fused-ring (bicyclic) bond motifs is 2. The maximum atomic E-state index is 13.1. The minimum absolute atomic E-state index is 0.0791. The molecule has 0 amide bonds. The first-order chi connectivity index (χ1) is 14.6. The van der Waals surface area contributed by atoms with Crippen molar-refractivity contribution >= 4 is 5.97 Å². The first-order valence-corrected chi connectivity index (χ1v) is 12.0. The van der Waals surface area contributed by atoms with E-state index in [0.717, 1.165) is 63.7 Å². The van der Waals surface area contributed by atoms with Gasteiger partial charge in [-0.05, 0) is 67.4 Å². The summed E-state index contributed by atoms with van der Waals surface area (Å²) in [5.41, 5.74) is 0.719. The Bertz CT molecular complexity index is 786. The van der Waals surface area contributed by atoms with E-state index < -0.39 is 5.41 Å². The second-order valence-corrected chi connectivity index (χ2v) is 10.2. The van der Waals surface area contributed by atoms with Crippen molar-refractivity contribution in [3.8, 4) is 0 Å². The highest BCUT2D eigenvalue weighted by molar-refractivity contribution is 5.78. The van der Waals surface area contributed by atoms with E-state index >= 15 is 0 Å². The Labute approximate surface area is 179 Å². The fourth-order valence-electron chi connectivity index (χ4n) is 7.87. The number of hydrogen-bond donors (Lipinski definition) is 0. The number of carbonyl (C=O) groups excluding carboxylic acids is 1. The molecule has 3 aliphatic carbocycles. The molecular weight excluding hydrogens is 380 g/mol. The molecule has 0 N–H and O–H groups in total. The molecule has 1 aromatic rings. The Morgan fingerprint density at radius 3 is 2.97 bits per heavy atom. The molecule has 0 radical (unpaired) electrons. The average molecular weight is 417 g/mol. The maximum absolute atomic E-state index is 13.1. The summed E-state index contributed by atoms with van der Waals surface area (Å²) in [5.74, 6) is 2.78. The van der Waals surface area contributed by atoms with Crippen molar-refractivity contribution in [1.82, 2.24) is 0 Å². The second kappa shape index (κ2) is 7.67. The third-order valence-corrected chi connectivity index (χ3v) is 9.15. The molecule has 0 aromatic carbocycles. The van der Waals surface area contributed by atoms with Crippen LogP contribution in [0.15, 0.2) is 16.7 Å². The fraction of sp³-hybridized carbons (Fsp3) is 0.800. The van der Waals surface area contributed by atoms with Crippen molar-refractivity contribution in [3.05, 3.63) is 23.7 Å². The summed E-state index contributed by atoms with van der Waals surface area (Å²) < 4.78 is 24.3. The number of esters is 1. The van der Waals surface area contributed by atoms with Crippen LogP contribution in [0.1, 0.15) is 76.0 Å². The molecule has 2 bridgehead atoms. The van der Waals surface area contributed by atoms with Crippen LogP contribution >= 0.6 is 0 Å². The van der Waals surface area contributed by atoms with Crippen molar-refractivity contribution in [2.45, 2.75) is 77.4 Å². The maximum Gasteiger partial charge on any atom is 0.314 e. The standard InChI is InChI=1S/C25H36O5/c1-4-5-12-29-23-25-11-6-10-24(15-30-23,22(26)27-3)21(25)8-7-17-16(2)18-9-13-28-20(18)14-19(17)25/h9,13,16-17,19,21,23H,4-8,10-12,14-15H2,1-3H3/t16-,17+,19+,21+,23-,24+,25?/m1/s1. The van der Waals surface area contributed by atoms with Gasteiger partial charge >= 0.3 is 5.97 Å². The molecule has 7 atom stereocenters. The number of ether oxygens (including phenoxy) is 3. The topological polar surface area (TPSA) is 57.9 Å².